The first-order chi connectivity index (χ1) is 18.2. The molecule has 0 bridgehead atoms. The Labute approximate surface area is 226 Å². The van der Waals surface area contributed by atoms with Crippen LogP contribution in [0.2, 0.25) is 0 Å². The second-order valence-electron chi connectivity index (χ2n) is 9.80. The average molecular weight is 518 g/mol. The lowest BCUT2D eigenvalue weighted by Crippen LogP contribution is -2.34. The van der Waals surface area contributed by atoms with E-state index in [1.807, 2.05) is 39.0 Å². The van der Waals surface area contributed by atoms with E-state index in [1.165, 1.54) is 11.1 Å². The fourth-order valence-electron chi connectivity index (χ4n) is 4.80. The fourth-order valence-corrected chi connectivity index (χ4v) is 4.80. The monoisotopic (exact) mass is 517 g/mol. The first kappa shape index (κ1) is 29.0. The summed E-state index contributed by atoms with van der Waals surface area (Å²) in [6.45, 7) is 11.0. The van der Waals surface area contributed by atoms with Crippen molar-refractivity contribution in [3.05, 3.63) is 82.6 Å². The van der Waals surface area contributed by atoms with Gasteiger partial charge in [0.2, 0.25) is 5.95 Å². The number of nitrogens with zero attached hydrogens (tertiary/aromatic N) is 4. The molecule has 2 N–H and O–H groups in total. The Morgan fingerprint density at radius 3 is 2.37 bits per heavy atom. The molecule has 2 aromatic heterocycles. The molecular formula is C31H40FN5O. The lowest BCUT2D eigenvalue weighted by Gasteiger charge is -2.32. The zero-order valence-corrected chi connectivity index (χ0v) is 23.5. The number of likely N-dealkylation sites (tertiary alicyclic amines) is 1. The number of carbonyl (C=O) groups is 1. The van der Waals surface area contributed by atoms with E-state index in [1.54, 1.807) is 37.3 Å². The Morgan fingerprint density at radius 2 is 1.76 bits per heavy atom. The molecule has 3 aromatic rings. The SMILES string of the molecule is C/C(=C\c1c(-c2ccc(N)c(F)n2)ccnc1C)CN1CCC(c2ccc(C(=O)N(C)C)cc2)CC1.CC. The molecule has 1 saturated heterocycles. The largest absolute Gasteiger partial charge is 0.395 e. The van der Waals surface area contributed by atoms with Crippen molar-refractivity contribution in [2.45, 2.75) is 46.5 Å². The third-order valence-electron chi connectivity index (χ3n) is 6.83. The Morgan fingerprint density at radius 1 is 1.11 bits per heavy atom. The molecular weight excluding hydrogens is 477 g/mol. The number of anilines is 1. The maximum Gasteiger partial charge on any atom is 0.253 e. The molecule has 7 heteroatoms. The van der Waals surface area contributed by atoms with Gasteiger partial charge in [-0.25, -0.2) is 4.98 Å². The number of benzene rings is 1. The normalized spacial score (nSPS) is 14.6. The molecule has 1 aliphatic rings. The van der Waals surface area contributed by atoms with Crippen LogP contribution in [-0.2, 0) is 0 Å². The predicted octanol–water partition coefficient (Wildman–Crippen LogP) is 6.18. The molecule has 0 unspecified atom stereocenters. The Kier molecular flexibility index (Phi) is 10.1. The summed E-state index contributed by atoms with van der Waals surface area (Å²) in [6.07, 6.45) is 6.03. The van der Waals surface area contributed by atoms with Crippen LogP contribution in [0.1, 0.15) is 66.7 Å². The summed E-state index contributed by atoms with van der Waals surface area (Å²) in [5.41, 5.74) is 12.1. The van der Waals surface area contributed by atoms with Gasteiger partial charge in [0.1, 0.15) is 0 Å². The van der Waals surface area contributed by atoms with E-state index in [2.05, 4.69) is 40.0 Å². The van der Waals surface area contributed by atoms with Crippen LogP contribution in [0.5, 0.6) is 0 Å². The number of amides is 1. The molecule has 202 valence electrons. The highest BCUT2D eigenvalue weighted by Gasteiger charge is 2.21. The summed E-state index contributed by atoms with van der Waals surface area (Å²) in [5, 5.41) is 0. The van der Waals surface area contributed by atoms with Crippen molar-refractivity contribution in [2.24, 2.45) is 0 Å². The molecule has 1 aliphatic heterocycles. The van der Waals surface area contributed by atoms with Gasteiger partial charge in [-0.1, -0.05) is 37.6 Å². The number of hydrogen-bond acceptors (Lipinski definition) is 5. The summed E-state index contributed by atoms with van der Waals surface area (Å²) in [4.78, 5) is 24.7. The molecule has 0 atom stereocenters. The zero-order chi connectivity index (χ0) is 27.8. The molecule has 4 rings (SSSR count). The smallest absolute Gasteiger partial charge is 0.253 e. The Bertz CT molecular complexity index is 1260. The maximum absolute atomic E-state index is 14.0. The molecule has 1 amide bonds. The summed E-state index contributed by atoms with van der Waals surface area (Å²) in [6, 6.07) is 13.2. The number of hydrogen-bond donors (Lipinski definition) is 1. The van der Waals surface area contributed by atoms with Crippen molar-refractivity contribution >= 4 is 17.7 Å². The van der Waals surface area contributed by atoms with Crippen molar-refractivity contribution in [1.82, 2.24) is 19.8 Å². The summed E-state index contributed by atoms with van der Waals surface area (Å²) < 4.78 is 14.0. The van der Waals surface area contributed by atoms with Gasteiger partial charge in [0.05, 0.1) is 11.4 Å². The number of aromatic nitrogens is 2. The van der Waals surface area contributed by atoms with Crippen molar-refractivity contribution in [3.63, 3.8) is 0 Å². The van der Waals surface area contributed by atoms with E-state index in [0.29, 0.717) is 11.6 Å². The summed E-state index contributed by atoms with van der Waals surface area (Å²) in [7, 11) is 3.54. The van der Waals surface area contributed by atoms with Crippen molar-refractivity contribution in [3.8, 4) is 11.3 Å². The minimum atomic E-state index is -0.657. The number of rotatable bonds is 6. The number of carbonyl (C=O) groups excluding carboxylic acids is 1. The van der Waals surface area contributed by atoms with Crippen LogP contribution in [0.15, 0.2) is 54.2 Å². The van der Waals surface area contributed by atoms with E-state index < -0.39 is 5.95 Å². The number of piperidine rings is 1. The van der Waals surface area contributed by atoms with Crippen LogP contribution in [0.3, 0.4) is 0 Å². The maximum atomic E-state index is 14.0. The number of pyridine rings is 2. The van der Waals surface area contributed by atoms with E-state index in [-0.39, 0.29) is 11.6 Å². The van der Waals surface area contributed by atoms with E-state index in [4.69, 9.17) is 5.73 Å². The zero-order valence-electron chi connectivity index (χ0n) is 23.5. The molecule has 1 fully saturated rings. The quantitative estimate of drug-likeness (QED) is 0.395. The second-order valence-corrected chi connectivity index (χ2v) is 9.80. The van der Waals surface area contributed by atoms with Gasteiger partial charge in [-0.15, -0.1) is 0 Å². The Hall–Kier alpha value is -3.58. The van der Waals surface area contributed by atoms with Crippen molar-refractivity contribution in [1.29, 1.82) is 0 Å². The van der Waals surface area contributed by atoms with Gasteiger partial charge in [-0.05, 0) is 81.6 Å². The number of aryl methyl sites for hydroxylation is 1. The number of halogens is 1. The van der Waals surface area contributed by atoms with Crippen molar-refractivity contribution in [2.75, 3.05) is 39.5 Å². The van der Waals surface area contributed by atoms with E-state index >= 15 is 0 Å². The van der Waals surface area contributed by atoms with Crippen LogP contribution >= 0.6 is 0 Å². The minimum absolute atomic E-state index is 0.0305. The van der Waals surface area contributed by atoms with Crippen LogP contribution in [0, 0.1) is 12.9 Å². The average Bonchev–Trinajstić information content (AvgIpc) is 2.92. The van der Waals surface area contributed by atoms with Crippen LogP contribution in [0.25, 0.3) is 17.3 Å². The molecule has 0 saturated carbocycles. The van der Waals surface area contributed by atoms with Crippen LogP contribution in [0.4, 0.5) is 10.1 Å². The van der Waals surface area contributed by atoms with Crippen molar-refractivity contribution < 1.29 is 9.18 Å². The fraction of sp³-hybridized carbons (Fsp3) is 0.387. The van der Waals surface area contributed by atoms with Gasteiger partial charge in [-0.2, -0.15) is 4.39 Å². The van der Waals surface area contributed by atoms with Gasteiger partial charge in [0.15, 0.2) is 0 Å². The topological polar surface area (TPSA) is 75.3 Å². The molecule has 6 nitrogen and oxygen atoms in total. The molecule has 0 radical (unpaired) electrons. The lowest BCUT2D eigenvalue weighted by molar-refractivity contribution is 0.0827. The van der Waals surface area contributed by atoms with Gasteiger partial charge < -0.3 is 10.6 Å². The van der Waals surface area contributed by atoms with Crippen LogP contribution < -0.4 is 5.73 Å². The number of nitrogen functional groups attached to an aromatic ring is 1. The first-order valence-electron chi connectivity index (χ1n) is 13.3. The highest BCUT2D eigenvalue weighted by atomic mass is 19.1. The highest BCUT2D eigenvalue weighted by Crippen LogP contribution is 2.30. The predicted molar refractivity (Wildman–Crippen MR) is 154 cm³/mol. The third kappa shape index (κ3) is 7.04. The molecule has 1 aromatic carbocycles. The molecule has 38 heavy (non-hydrogen) atoms. The first-order valence-corrected chi connectivity index (χ1v) is 13.3. The van der Waals surface area contributed by atoms with E-state index in [9.17, 15) is 9.18 Å². The molecule has 3 heterocycles. The van der Waals surface area contributed by atoms with Gasteiger partial charge in [-0.3, -0.25) is 14.7 Å². The van der Waals surface area contributed by atoms with E-state index in [0.717, 1.165) is 54.9 Å². The molecule has 0 spiro atoms. The molecule has 0 aliphatic carbocycles. The third-order valence-corrected chi connectivity index (χ3v) is 6.83. The summed E-state index contributed by atoms with van der Waals surface area (Å²) in [5.74, 6) is -0.119. The Balaban J connectivity index is 0.00000195. The van der Waals surface area contributed by atoms with Gasteiger partial charge >= 0.3 is 0 Å². The van der Waals surface area contributed by atoms with Gasteiger partial charge in [0, 0.05) is 49.2 Å². The van der Waals surface area contributed by atoms with Crippen LogP contribution in [-0.4, -0.2) is 59.4 Å². The minimum Gasteiger partial charge on any atom is -0.395 e. The second kappa shape index (κ2) is 13.3. The number of nitrogens with two attached hydrogens (primary N) is 1. The summed E-state index contributed by atoms with van der Waals surface area (Å²) >= 11 is 0. The lowest BCUT2D eigenvalue weighted by atomic mass is 9.88. The van der Waals surface area contributed by atoms with Gasteiger partial charge in [0.25, 0.3) is 5.91 Å². The standard InChI is InChI=1S/C29H34FN5O.C2H6/c1-19(17-25-20(2)32-14-11-24(25)27-10-9-26(31)28(30)33-27)18-35-15-12-22(13-16-35)21-5-7-23(8-6-21)29(36)34(3)4;1-2/h5-11,14,17,22H,12-13,15-16,18,31H2,1-4H3;1-2H3/b19-17+;. The highest BCUT2D eigenvalue weighted by molar-refractivity contribution is 5.93.